The zero-order chi connectivity index (χ0) is 26.1. The average molecular weight is 517 g/mol. The highest BCUT2D eigenvalue weighted by atomic mass is 32.2. The summed E-state index contributed by atoms with van der Waals surface area (Å²) in [7, 11) is -1.65. The molecule has 0 bridgehead atoms. The summed E-state index contributed by atoms with van der Waals surface area (Å²) in [4.78, 5) is 40.1. The topological polar surface area (TPSA) is 152 Å². The number of hydrogen-bond donors (Lipinski definition) is 3. The molecule has 11 nitrogen and oxygen atoms in total. The van der Waals surface area contributed by atoms with Gasteiger partial charge in [-0.2, -0.15) is 0 Å². The molecule has 0 atom stereocenters. The molecule has 1 aliphatic carbocycles. The molecule has 12 heteroatoms. The van der Waals surface area contributed by atoms with E-state index >= 15 is 0 Å². The van der Waals surface area contributed by atoms with Crippen molar-refractivity contribution in [2.45, 2.75) is 41.9 Å². The lowest BCUT2D eigenvalue weighted by Crippen LogP contribution is -2.37. The second kappa shape index (κ2) is 12.2. The Bertz CT molecular complexity index is 1240. The number of carbonyl (C=O) groups is 3. The smallest absolute Gasteiger partial charge is 0.436 e. The maximum Gasteiger partial charge on any atom is 0.436 e. The number of sulfone groups is 1. The van der Waals surface area contributed by atoms with Crippen molar-refractivity contribution in [3.63, 3.8) is 0 Å². The van der Waals surface area contributed by atoms with Crippen LogP contribution in [-0.2, 0) is 24.1 Å². The number of benzene rings is 2. The summed E-state index contributed by atoms with van der Waals surface area (Å²) in [6.45, 7) is 0. The fraction of sp³-hybridized carbons (Fsp3) is 0.333. The van der Waals surface area contributed by atoms with E-state index in [4.69, 9.17) is 0 Å². The largest absolute Gasteiger partial charge is 0.453 e. The standard InChI is InChI=1S/C24H28N4O7S/c1-34-23(30)27-22(28-24(31)35-2)26-19-14-13-18(36(32,33)17-11-7-4-8-12-17)15-20(19)25-21(29)16-9-5-3-6-10-16/h4,7-8,11-16H,3,5-6,9-10H2,1-2H3,(H,25,29)(H2,26,27,28,30,31). The Labute approximate surface area is 209 Å². The Hall–Kier alpha value is -3.93. The number of hydrogen-bond acceptors (Lipinski definition) is 7. The number of aliphatic imine (C=N–C) groups is 1. The fourth-order valence-electron chi connectivity index (χ4n) is 3.74. The van der Waals surface area contributed by atoms with E-state index in [9.17, 15) is 22.8 Å². The summed E-state index contributed by atoms with van der Waals surface area (Å²) < 4.78 is 35.4. The van der Waals surface area contributed by atoms with Crippen LogP contribution in [0.1, 0.15) is 32.1 Å². The highest BCUT2D eigenvalue weighted by Gasteiger charge is 2.24. The fourth-order valence-corrected chi connectivity index (χ4v) is 5.05. The summed E-state index contributed by atoms with van der Waals surface area (Å²) >= 11 is 0. The number of nitrogens with one attached hydrogen (secondary N) is 3. The summed E-state index contributed by atoms with van der Waals surface area (Å²) in [5.41, 5.74) is 0.317. The normalized spacial score (nSPS) is 14.4. The van der Waals surface area contributed by atoms with Crippen molar-refractivity contribution >= 4 is 45.3 Å². The summed E-state index contributed by atoms with van der Waals surface area (Å²) in [6.07, 6.45) is 2.47. The molecule has 1 aliphatic rings. The summed E-state index contributed by atoms with van der Waals surface area (Å²) in [5.74, 6) is -0.808. The van der Waals surface area contributed by atoms with Gasteiger partial charge < -0.3 is 20.1 Å². The van der Waals surface area contributed by atoms with Gasteiger partial charge >= 0.3 is 12.2 Å². The Morgan fingerprint density at radius 3 is 2.19 bits per heavy atom. The van der Waals surface area contributed by atoms with Gasteiger partial charge in [-0.1, -0.05) is 37.5 Å². The number of ether oxygens (including phenoxy) is 2. The van der Waals surface area contributed by atoms with Crippen molar-refractivity contribution in [2.24, 2.45) is 10.9 Å². The van der Waals surface area contributed by atoms with Gasteiger partial charge in [-0.3, -0.25) is 10.1 Å². The van der Waals surface area contributed by atoms with Crippen LogP contribution >= 0.6 is 0 Å². The third kappa shape index (κ3) is 6.81. The third-order valence-electron chi connectivity index (χ3n) is 5.63. The van der Waals surface area contributed by atoms with E-state index < -0.39 is 22.0 Å². The van der Waals surface area contributed by atoms with Crippen molar-refractivity contribution in [1.29, 1.82) is 0 Å². The van der Waals surface area contributed by atoms with E-state index in [1.807, 2.05) is 0 Å². The molecular formula is C24H28N4O7S. The van der Waals surface area contributed by atoms with Gasteiger partial charge in [0.25, 0.3) is 0 Å². The van der Waals surface area contributed by atoms with E-state index in [0.29, 0.717) is 0 Å². The second-order valence-electron chi connectivity index (χ2n) is 8.02. The lowest BCUT2D eigenvalue weighted by Gasteiger charge is -2.22. The van der Waals surface area contributed by atoms with Gasteiger partial charge in [0.05, 0.1) is 35.4 Å². The minimum Gasteiger partial charge on any atom is -0.453 e. The molecule has 0 saturated heterocycles. The first-order valence-electron chi connectivity index (χ1n) is 11.3. The van der Waals surface area contributed by atoms with Crippen LogP contribution in [0.2, 0.25) is 0 Å². The van der Waals surface area contributed by atoms with Gasteiger partial charge in [0.15, 0.2) is 0 Å². The van der Waals surface area contributed by atoms with Crippen LogP contribution < -0.4 is 16.0 Å². The Kier molecular flexibility index (Phi) is 9.01. The van der Waals surface area contributed by atoms with Crippen LogP contribution in [0.15, 0.2) is 63.3 Å². The first-order chi connectivity index (χ1) is 17.2. The van der Waals surface area contributed by atoms with E-state index in [-0.39, 0.29) is 39.0 Å². The maximum absolute atomic E-state index is 13.2. The molecule has 2 aromatic carbocycles. The van der Waals surface area contributed by atoms with Gasteiger partial charge in [0.2, 0.25) is 21.7 Å². The van der Waals surface area contributed by atoms with E-state index in [1.54, 1.807) is 18.2 Å². The number of guanidine groups is 1. The highest BCUT2D eigenvalue weighted by Crippen LogP contribution is 2.31. The maximum atomic E-state index is 13.2. The number of methoxy groups -OCH3 is 2. The van der Waals surface area contributed by atoms with Crippen LogP contribution in [0.3, 0.4) is 0 Å². The molecule has 0 aromatic heterocycles. The molecule has 192 valence electrons. The molecule has 3 rings (SSSR count). The lowest BCUT2D eigenvalue weighted by molar-refractivity contribution is -0.120. The minimum atomic E-state index is -3.89. The van der Waals surface area contributed by atoms with Gasteiger partial charge in [0, 0.05) is 5.92 Å². The molecule has 3 N–H and O–H groups in total. The minimum absolute atomic E-state index is 0.0504. The van der Waals surface area contributed by atoms with Gasteiger partial charge in [-0.05, 0) is 43.2 Å². The SMILES string of the molecule is COC(=O)N=C(NC(=O)OC)Nc1ccc(S(=O)(=O)c2ccccc2)cc1NC(=O)C1CCCCC1. The van der Waals surface area contributed by atoms with Crippen molar-refractivity contribution < 1.29 is 32.3 Å². The van der Waals surface area contributed by atoms with E-state index in [2.05, 4.69) is 30.4 Å². The van der Waals surface area contributed by atoms with Gasteiger partial charge in [-0.15, -0.1) is 4.99 Å². The third-order valence-corrected chi connectivity index (χ3v) is 7.39. The second-order valence-corrected chi connectivity index (χ2v) is 9.97. The molecular weight excluding hydrogens is 488 g/mol. The Morgan fingerprint density at radius 2 is 1.56 bits per heavy atom. The predicted octanol–water partition coefficient (Wildman–Crippen LogP) is 3.93. The monoisotopic (exact) mass is 516 g/mol. The molecule has 1 fully saturated rings. The number of alkyl carbamates (subject to hydrolysis) is 1. The number of carbonyl (C=O) groups excluding carboxylic acids is 3. The number of nitrogens with zero attached hydrogens (tertiary/aromatic N) is 1. The van der Waals surface area contributed by atoms with Crippen molar-refractivity contribution in [1.82, 2.24) is 5.32 Å². The zero-order valence-electron chi connectivity index (χ0n) is 19.9. The van der Waals surface area contributed by atoms with Crippen molar-refractivity contribution in [3.8, 4) is 0 Å². The Balaban J connectivity index is 2.01. The molecule has 36 heavy (non-hydrogen) atoms. The van der Waals surface area contributed by atoms with Crippen LogP contribution in [0.25, 0.3) is 0 Å². The van der Waals surface area contributed by atoms with Crippen LogP contribution in [-0.4, -0.2) is 46.7 Å². The van der Waals surface area contributed by atoms with Crippen LogP contribution in [0, 0.1) is 5.92 Å². The molecule has 3 amide bonds. The first-order valence-corrected chi connectivity index (χ1v) is 12.8. The van der Waals surface area contributed by atoms with E-state index in [0.717, 1.165) is 46.3 Å². The van der Waals surface area contributed by atoms with E-state index in [1.165, 1.54) is 30.3 Å². The quantitative estimate of drug-likeness (QED) is 0.399. The molecule has 0 radical (unpaired) electrons. The zero-order valence-corrected chi connectivity index (χ0v) is 20.8. The average Bonchev–Trinajstić information content (AvgIpc) is 2.90. The molecule has 0 spiro atoms. The predicted molar refractivity (Wildman–Crippen MR) is 133 cm³/mol. The number of amides is 3. The Morgan fingerprint density at radius 1 is 0.861 bits per heavy atom. The molecule has 0 unspecified atom stereocenters. The van der Waals surface area contributed by atoms with Crippen LogP contribution in [0.5, 0.6) is 0 Å². The number of anilines is 2. The molecule has 2 aromatic rings. The molecule has 0 heterocycles. The van der Waals surface area contributed by atoms with Crippen molar-refractivity contribution in [3.05, 3.63) is 48.5 Å². The lowest BCUT2D eigenvalue weighted by atomic mass is 9.88. The van der Waals surface area contributed by atoms with Crippen LogP contribution in [0.4, 0.5) is 21.0 Å². The van der Waals surface area contributed by atoms with Gasteiger partial charge in [0.1, 0.15) is 0 Å². The van der Waals surface area contributed by atoms with Crippen molar-refractivity contribution in [2.75, 3.05) is 24.9 Å². The molecule has 1 saturated carbocycles. The summed E-state index contributed by atoms with van der Waals surface area (Å²) in [5, 5.41) is 7.78. The van der Waals surface area contributed by atoms with Gasteiger partial charge in [-0.25, -0.2) is 18.0 Å². The first kappa shape index (κ1) is 26.7. The number of rotatable bonds is 5. The summed E-state index contributed by atoms with van der Waals surface area (Å²) in [6, 6.07) is 11.9. The highest BCUT2D eigenvalue weighted by molar-refractivity contribution is 7.91. The molecule has 0 aliphatic heterocycles.